The van der Waals surface area contributed by atoms with Gasteiger partial charge in [-0.15, -0.1) is 0 Å². The summed E-state index contributed by atoms with van der Waals surface area (Å²) in [7, 11) is 1.20. The molecule has 0 heterocycles. The van der Waals surface area contributed by atoms with Gasteiger partial charge in [0.2, 0.25) is 0 Å². The highest BCUT2D eigenvalue weighted by Gasteiger charge is 2.00. The first-order valence-corrected chi connectivity index (χ1v) is 2.14. The monoisotopic (exact) mass is 133 g/mol. The van der Waals surface area contributed by atoms with Crippen LogP contribution in [0.5, 0.6) is 0 Å². The Morgan fingerprint density at radius 1 is 2.00 bits per heavy atom. The lowest BCUT2D eigenvalue weighted by Gasteiger charge is -1.93. The second-order valence-corrected chi connectivity index (χ2v) is 1.24. The van der Waals surface area contributed by atoms with E-state index in [4.69, 9.17) is 0 Å². The van der Waals surface area contributed by atoms with Crippen LogP contribution in [0.2, 0.25) is 0 Å². The number of amides is 1. The van der Waals surface area contributed by atoms with E-state index in [1.165, 1.54) is 7.11 Å². The Bertz CT molecular complexity index is 132. The van der Waals surface area contributed by atoms with E-state index in [2.05, 4.69) is 15.8 Å². The molecule has 1 amide bonds. The summed E-state index contributed by atoms with van der Waals surface area (Å²) in [6.45, 7) is -0.478. The summed E-state index contributed by atoms with van der Waals surface area (Å²) >= 11 is 0. The maximum Gasteiger partial charge on any atom is 0.287 e. The number of carbonyl (C=O) groups excluding carboxylic acids is 1. The number of hydrogen-bond acceptors (Lipinski definition) is 4. The molecular formula is C3H7N3O3. The van der Waals surface area contributed by atoms with Crippen LogP contribution >= 0.6 is 0 Å². The van der Waals surface area contributed by atoms with Crippen molar-refractivity contribution in [3.8, 4) is 0 Å². The molecule has 0 rings (SSSR count). The number of hydroxylamine groups is 1. The number of carbonyl (C=O) groups is 1. The van der Waals surface area contributed by atoms with E-state index < -0.39 is 12.5 Å². The van der Waals surface area contributed by atoms with Crippen molar-refractivity contribution in [3.63, 3.8) is 0 Å². The zero-order valence-corrected chi connectivity index (χ0v) is 4.90. The van der Waals surface area contributed by atoms with Gasteiger partial charge in [0.15, 0.2) is 5.28 Å². The van der Waals surface area contributed by atoms with Gasteiger partial charge < -0.3 is 15.8 Å². The van der Waals surface area contributed by atoms with E-state index in [1.807, 2.05) is 0 Å². The predicted octanol–water partition coefficient (Wildman–Crippen LogP) is -1.00. The highest BCUT2D eigenvalue weighted by Crippen LogP contribution is 1.73. The number of rotatable bonds is 3. The van der Waals surface area contributed by atoms with E-state index in [-0.39, 0.29) is 4.86 Å². The van der Waals surface area contributed by atoms with Gasteiger partial charge in [-0.2, -0.15) is 0 Å². The number of nitrogens with two attached hydrogens (primary N) is 1. The average molecular weight is 133 g/mol. The van der Waals surface area contributed by atoms with E-state index in [0.29, 0.717) is 0 Å². The van der Waals surface area contributed by atoms with Gasteiger partial charge in [-0.1, -0.05) is 0 Å². The van der Waals surface area contributed by atoms with Crippen molar-refractivity contribution in [2.45, 2.75) is 0 Å². The summed E-state index contributed by atoms with van der Waals surface area (Å²) in [5, 5.41) is 13.0. The minimum atomic E-state index is -0.745. The highest BCUT2D eigenvalue weighted by molar-refractivity contribution is 5.74. The zero-order chi connectivity index (χ0) is 7.28. The molecule has 0 aliphatic heterocycles. The van der Waals surface area contributed by atoms with Crippen molar-refractivity contribution >= 4 is 5.91 Å². The number of primary amides is 1. The Hall–Kier alpha value is -1.33. The van der Waals surface area contributed by atoms with Gasteiger partial charge >= 0.3 is 0 Å². The molecule has 0 aromatic carbocycles. The first-order valence-electron chi connectivity index (χ1n) is 2.14. The van der Waals surface area contributed by atoms with Crippen LogP contribution in [-0.2, 0) is 9.63 Å². The molecule has 0 radical (unpaired) electrons. The first-order chi connectivity index (χ1) is 4.16. The summed E-state index contributed by atoms with van der Waals surface area (Å²) in [5.41, 5.74) is 4.63. The van der Waals surface area contributed by atoms with Crippen LogP contribution < -0.4 is 5.73 Å². The lowest BCUT2D eigenvalue weighted by molar-refractivity contribution is -0.546. The third kappa shape index (κ3) is 4.52. The summed E-state index contributed by atoms with van der Waals surface area (Å²) in [4.78, 5) is 14.0. The van der Waals surface area contributed by atoms with Crippen LogP contribution in [0.1, 0.15) is 0 Å². The van der Waals surface area contributed by atoms with Crippen molar-refractivity contribution in [1.29, 1.82) is 0 Å². The topological polar surface area (TPSA) is 90.8 Å². The molecule has 9 heavy (non-hydrogen) atoms. The molecular weight excluding hydrogens is 126 g/mol. The molecule has 0 saturated carbocycles. The molecule has 0 spiro atoms. The Morgan fingerprint density at radius 2 is 2.56 bits per heavy atom. The van der Waals surface area contributed by atoms with Gasteiger partial charge in [-0.3, -0.25) is 4.79 Å². The van der Waals surface area contributed by atoms with E-state index in [0.717, 1.165) is 0 Å². The Morgan fingerprint density at radius 3 is 2.89 bits per heavy atom. The van der Waals surface area contributed by atoms with Crippen molar-refractivity contribution in [1.82, 2.24) is 0 Å². The third-order valence-electron chi connectivity index (χ3n) is 0.464. The van der Waals surface area contributed by atoms with Gasteiger partial charge in [0, 0.05) is 0 Å². The number of hydrogen-bond donors (Lipinski definition) is 1. The minimum absolute atomic E-state index is 0.0579. The predicted molar refractivity (Wildman–Crippen MR) is 27.1 cm³/mol. The van der Waals surface area contributed by atoms with Gasteiger partial charge in [0.05, 0.1) is 0 Å². The second-order valence-electron chi connectivity index (χ2n) is 1.24. The summed E-state index contributed by atoms with van der Waals surface area (Å²) in [6.07, 6.45) is 0. The minimum Gasteiger partial charge on any atom is -0.597 e. The highest BCUT2D eigenvalue weighted by atomic mass is 16.7. The smallest absolute Gasteiger partial charge is 0.287 e. The normalized spacial score (nSPS) is 11.0. The molecule has 2 N–H and O–H groups in total. The van der Waals surface area contributed by atoms with Crippen LogP contribution in [0.25, 0.3) is 0 Å². The largest absolute Gasteiger partial charge is 0.597 e. The summed E-state index contributed by atoms with van der Waals surface area (Å²) < 4.78 is 0. The van der Waals surface area contributed by atoms with Gasteiger partial charge in [-0.05, 0) is 4.86 Å². The fourth-order valence-electron chi connectivity index (χ4n) is 0.253. The second kappa shape index (κ2) is 3.65. The van der Waals surface area contributed by atoms with Crippen LogP contribution in [0.3, 0.4) is 0 Å². The molecule has 0 aromatic rings. The Balaban J connectivity index is 3.62. The molecule has 52 valence electrons. The molecule has 0 aliphatic rings. The van der Waals surface area contributed by atoms with Gasteiger partial charge in [0.1, 0.15) is 7.11 Å². The molecule has 0 aliphatic carbocycles. The molecule has 0 bridgehead atoms. The van der Waals surface area contributed by atoms with Gasteiger partial charge in [-0.25, -0.2) is 0 Å². The van der Waals surface area contributed by atoms with Gasteiger partial charge in [0.25, 0.3) is 12.5 Å². The lowest BCUT2D eigenvalue weighted by Crippen LogP contribution is -2.22. The third-order valence-corrected chi connectivity index (χ3v) is 0.464. The molecule has 0 saturated heterocycles. The zero-order valence-electron chi connectivity index (χ0n) is 4.90. The van der Waals surface area contributed by atoms with Crippen molar-refractivity contribution in [2.24, 2.45) is 11.0 Å². The van der Waals surface area contributed by atoms with E-state index >= 15 is 0 Å². The molecule has 6 heteroatoms. The fraction of sp³-hybridized carbons (Fsp3) is 0.667. The SMILES string of the molecule is CO/N=[N+](/[O-])CC(N)=O. The van der Waals surface area contributed by atoms with E-state index in [9.17, 15) is 10.0 Å². The van der Waals surface area contributed by atoms with E-state index in [1.54, 1.807) is 0 Å². The number of nitrogens with zero attached hydrogens (tertiary/aromatic N) is 2. The first kappa shape index (κ1) is 7.67. The molecule has 0 fully saturated rings. The Labute approximate surface area is 51.4 Å². The maximum absolute atomic E-state index is 10.2. The van der Waals surface area contributed by atoms with Crippen LogP contribution in [-0.4, -0.2) is 24.4 Å². The fourth-order valence-corrected chi connectivity index (χ4v) is 0.253. The quantitative estimate of drug-likeness (QED) is 0.304. The van der Waals surface area contributed by atoms with Crippen LogP contribution in [0.4, 0.5) is 0 Å². The molecule has 0 unspecified atom stereocenters. The molecule has 0 atom stereocenters. The standard InChI is InChI=1S/C3H7N3O3/c1-9-5-6(8)2-3(4)7/h2H2,1H3,(H2,4,7)/b6-5+. The Kier molecular flexibility index (Phi) is 3.11. The van der Waals surface area contributed by atoms with Crippen molar-refractivity contribution in [3.05, 3.63) is 5.21 Å². The average Bonchev–Trinajstić information content (AvgIpc) is 1.63. The maximum atomic E-state index is 10.2. The van der Waals surface area contributed by atoms with Crippen LogP contribution in [0, 0.1) is 5.21 Å². The lowest BCUT2D eigenvalue weighted by atomic mass is 10.6. The van der Waals surface area contributed by atoms with Crippen molar-refractivity contribution < 1.29 is 14.5 Å². The summed E-state index contributed by atoms with van der Waals surface area (Å²) in [6, 6.07) is 0. The molecule has 0 aromatic heterocycles. The summed E-state index contributed by atoms with van der Waals surface area (Å²) in [5.74, 6) is -0.745. The van der Waals surface area contributed by atoms with Crippen LogP contribution in [0.15, 0.2) is 5.28 Å². The van der Waals surface area contributed by atoms with Crippen molar-refractivity contribution in [2.75, 3.05) is 13.7 Å². The molecule has 6 nitrogen and oxygen atoms in total.